The van der Waals surface area contributed by atoms with Gasteiger partial charge in [0.25, 0.3) is 5.91 Å². The van der Waals surface area contributed by atoms with Crippen LogP contribution in [0.4, 0.5) is 0 Å². The minimum Gasteiger partial charge on any atom is -0.339 e. The van der Waals surface area contributed by atoms with Crippen LogP contribution in [0.5, 0.6) is 0 Å². The van der Waals surface area contributed by atoms with Gasteiger partial charge in [0.05, 0.1) is 17.5 Å². The largest absolute Gasteiger partial charge is 0.339 e. The van der Waals surface area contributed by atoms with Crippen LogP contribution in [0.3, 0.4) is 0 Å². The van der Waals surface area contributed by atoms with Crippen LogP contribution in [-0.4, -0.2) is 59.3 Å². The predicted molar refractivity (Wildman–Crippen MR) is 94.7 cm³/mol. The number of carbonyl (C=O) groups is 1. The van der Waals surface area contributed by atoms with E-state index in [0.717, 1.165) is 37.8 Å². The number of nitrogens with zero attached hydrogens (tertiary/aromatic N) is 3. The second-order valence-electron chi connectivity index (χ2n) is 6.87. The molecular formula is C16H25N3O3S2. The monoisotopic (exact) mass is 371 g/mol. The molecule has 1 saturated heterocycles. The molecule has 134 valence electrons. The van der Waals surface area contributed by atoms with Gasteiger partial charge in [0.2, 0.25) is 10.0 Å². The molecule has 0 N–H and O–H groups in total. The SMILES string of the molecule is Cc1nscc1C(=O)N1CCC[C@H](N(C2CCC2)S(C)(=O)=O)CC1. The van der Waals surface area contributed by atoms with Crippen molar-refractivity contribution in [3.63, 3.8) is 0 Å². The van der Waals surface area contributed by atoms with Crippen LogP contribution in [0.1, 0.15) is 54.6 Å². The van der Waals surface area contributed by atoms with Crippen molar-refractivity contribution in [1.82, 2.24) is 13.6 Å². The van der Waals surface area contributed by atoms with Gasteiger partial charge in [-0.3, -0.25) is 4.79 Å². The molecule has 1 atom stereocenters. The summed E-state index contributed by atoms with van der Waals surface area (Å²) < 4.78 is 30.4. The highest BCUT2D eigenvalue weighted by atomic mass is 32.2. The Morgan fingerprint density at radius 2 is 1.88 bits per heavy atom. The quantitative estimate of drug-likeness (QED) is 0.814. The zero-order chi connectivity index (χ0) is 17.3. The van der Waals surface area contributed by atoms with Gasteiger partial charge >= 0.3 is 0 Å². The molecule has 1 aliphatic heterocycles. The summed E-state index contributed by atoms with van der Waals surface area (Å²) in [6.07, 6.45) is 6.74. The summed E-state index contributed by atoms with van der Waals surface area (Å²) in [4.78, 5) is 14.5. The van der Waals surface area contributed by atoms with Gasteiger partial charge in [0.1, 0.15) is 0 Å². The van der Waals surface area contributed by atoms with Crippen LogP contribution in [0.15, 0.2) is 5.38 Å². The van der Waals surface area contributed by atoms with E-state index in [9.17, 15) is 13.2 Å². The highest BCUT2D eigenvalue weighted by molar-refractivity contribution is 7.88. The van der Waals surface area contributed by atoms with Crippen LogP contribution in [0.25, 0.3) is 0 Å². The normalized spacial score (nSPS) is 23.1. The fraction of sp³-hybridized carbons (Fsp3) is 0.750. The first-order valence-corrected chi connectivity index (χ1v) is 11.2. The molecule has 0 bridgehead atoms. The van der Waals surface area contributed by atoms with E-state index in [-0.39, 0.29) is 18.0 Å². The number of amides is 1. The lowest BCUT2D eigenvalue weighted by Gasteiger charge is -2.40. The zero-order valence-corrected chi connectivity index (χ0v) is 15.9. The molecule has 1 amide bonds. The molecule has 8 heteroatoms. The van der Waals surface area contributed by atoms with E-state index in [1.54, 1.807) is 9.69 Å². The lowest BCUT2D eigenvalue weighted by molar-refractivity contribution is 0.0757. The van der Waals surface area contributed by atoms with E-state index in [0.29, 0.717) is 25.1 Å². The molecular weight excluding hydrogens is 346 g/mol. The molecule has 1 saturated carbocycles. The standard InChI is InChI=1S/C16H25N3O3S2/c1-12-15(11-23-17-12)16(20)18-9-4-7-14(8-10-18)19(24(2,21)22)13-5-3-6-13/h11,13-14H,3-10H2,1-2H3/t14-/m0/s1. The molecule has 1 aromatic rings. The van der Waals surface area contributed by atoms with Crippen LogP contribution in [-0.2, 0) is 10.0 Å². The Labute approximate surface area is 148 Å². The van der Waals surface area contributed by atoms with Crippen molar-refractivity contribution in [3.05, 3.63) is 16.6 Å². The summed E-state index contributed by atoms with van der Waals surface area (Å²) in [5.74, 6) is 0.0245. The summed E-state index contributed by atoms with van der Waals surface area (Å²) in [5.41, 5.74) is 1.45. The van der Waals surface area contributed by atoms with Crippen molar-refractivity contribution >= 4 is 27.5 Å². The van der Waals surface area contributed by atoms with Crippen molar-refractivity contribution < 1.29 is 13.2 Å². The van der Waals surface area contributed by atoms with E-state index in [2.05, 4.69) is 4.37 Å². The van der Waals surface area contributed by atoms with Gasteiger partial charge in [-0.25, -0.2) is 8.42 Å². The third-order valence-corrected chi connectivity index (χ3v) is 7.23. The van der Waals surface area contributed by atoms with Crippen LogP contribution in [0.2, 0.25) is 0 Å². The molecule has 0 unspecified atom stereocenters. The predicted octanol–water partition coefficient (Wildman–Crippen LogP) is 2.26. The molecule has 0 spiro atoms. The molecule has 24 heavy (non-hydrogen) atoms. The maximum Gasteiger partial charge on any atom is 0.256 e. The average molecular weight is 372 g/mol. The fourth-order valence-electron chi connectivity index (χ4n) is 3.69. The van der Waals surface area contributed by atoms with Crippen LogP contribution >= 0.6 is 11.5 Å². The highest BCUT2D eigenvalue weighted by Crippen LogP contribution is 2.32. The second-order valence-corrected chi connectivity index (χ2v) is 9.38. The lowest BCUT2D eigenvalue weighted by Crippen LogP contribution is -2.50. The molecule has 2 fully saturated rings. The van der Waals surface area contributed by atoms with E-state index in [1.165, 1.54) is 17.8 Å². The van der Waals surface area contributed by atoms with Crippen molar-refractivity contribution in [2.24, 2.45) is 0 Å². The summed E-state index contributed by atoms with van der Waals surface area (Å²) in [5, 5.41) is 1.80. The van der Waals surface area contributed by atoms with Crippen molar-refractivity contribution in [1.29, 1.82) is 0 Å². The van der Waals surface area contributed by atoms with Crippen molar-refractivity contribution in [2.45, 2.75) is 57.5 Å². The number of rotatable bonds is 4. The Morgan fingerprint density at radius 3 is 2.42 bits per heavy atom. The summed E-state index contributed by atoms with van der Waals surface area (Å²) in [7, 11) is -3.21. The van der Waals surface area contributed by atoms with Crippen molar-refractivity contribution in [2.75, 3.05) is 19.3 Å². The summed E-state index contributed by atoms with van der Waals surface area (Å²) >= 11 is 1.30. The first kappa shape index (κ1) is 17.8. The Bertz CT molecular complexity index is 697. The molecule has 2 aliphatic rings. The van der Waals surface area contributed by atoms with Gasteiger partial charge in [0.15, 0.2) is 0 Å². The molecule has 1 aromatic heterocycles. The number of likely N-dealkylation sites (tertiary alicyclic amines) is 1. The first-order valence-electron chi connectivity index (χ1n) is 8.56. The lowest BCUT2D eigenvalue weighted by atomic mass is 9.91. The molecule has 2 heterocycles. The van der Waals surface area contributed by atoms with E-state index < -0.39 is 10.0 Å². The Hall–Kier alpha value is -0.990. The number of carbonyl (C=O) groups excluding carboxylic acids is 1. The molecule has 6 nitrogen and oxygen atoms in total. The average Bonchev–Trinajstić information content (AvgIpc) is 2.75. The molecule has 3 rings (SSSR count). The third kappa shape index (κ3) is 3.65. The molecule has 0 radical (unpaired) electrons. The van der Waals surface area contributed by atoms with E-state index in [1.807, 2.05) is 11.8 Å². The Kier molecular flexibility index (Phi) is 5.27. The molecule has 1 aliphatic carbocycles. The zero-order valence-electron chi connectivity index (χ0n) is 14.3. The maximum atomic E-state index is 12.7. The third-order valence-electron chi connectivity index (χ3n) is 5.14. The number of aryl methyl sites for hydroxylation is 1. The van der Waals surface area contributed by atoms with Gasteiger partial charge < -0.3 is 4.90 Å². The second kappa shape index (κ2) is 7.09. The fourth-order valence-corrected chi connectivity index (χ4v) is 5.88. The van der Waals surface area contributed by atoms with Gasteiger partial charge in [-0.15, -0.1) is 0 Å². The number of hydrogen-bond acceptors (Lipinski definition) is 5. The number of sulfonamides is 1. The van der Waals surface area contributed by atoms with Gasteiger partial charge in [-0.2, -0.15) is 8.68 Å². The van der Waals surface area contributed by atoms with E-state index in [4.69, 9.17) is 0 Å². The van der Waals surface area contributed by atoms with Crippen molar-refractivity contribution in [3.8, 4) is 0 Å². The number of aromatic nitrogens is 1. The minimum absolute atomic E-state index is 0.0183. The van der Waals surface area contributed by atoms with Crippen LogP contribution < -0.4 is 0 Å². The Balaban J connectivity index is 1.70. The minimum atomic E-state index is -3.21. The number of hydrogen-bond donors (Lipinski definition) is 0. The van der Waals surface area contributed by atoms with E-state index >= 15 is 0 Å². The van der Waals surface area contributed by atoms with Gasteiger partial charge in [0, 0.05) is 30.6 Å². The summed E-state index contributed by atoms with van der Waals surface area (Å²) in [6.45, 7) is 3.15. The maximum absolute atomic E-state index is 12.7. The topological polar surface area (TPSA) is 70.6 Å². The molecule has 0 aromatic carbocycles. The smallest absolute Gasteiger partial charge is 0.256 e. The summed E-state index contributed by atoms with van der Waals surface area (Å²) in [6, 6.07) is 0.181. The van der Waals surface area contributed by atoms with Gasteiger partial charge in [-0.05, 0) is 50.6 Å². The Morgan fingerprint density at radius 1 is 1.21 bits per heavy atom. The first-order chi connectivity index (χ1) is 11.4. The van der Waals surface area contributed by atoms with Crippen LogP contribution in [0, 0.1) is 6.92 Å². The van der Waals surface area contributed by atoms with Gasteiger partial charge in [-0.1, -0.05) is 6.42 Å². The highest BCUT2D eigenvalue weighted by Gasteiger charge is 2.37.